The lowest BCUT2D eigenvalue weighted by Crippen LogP contribution is -2.05. The summed E-state index contributed by atoms with van der Waals surface area (Å²) >= 11 is 0. The van der Waals surface area contributed by atoms with Crippen LogP contribution in [0.4, 0.5) is 0 Å². The van der Waals surface area contributed by atoms with E-state index < -0.39 is 30.0 Å². The Labute approximate surface area is 199 Å². The van der Waals surface area contributed by atoms with E-state index >= 15 is 0 Å². The number of aliphatic hydroxyl groups is 4. The predicted molar refractivity (Wildman–Crippen MR) is 121 cm³/mol. The number of carbonyl (C=O) groups is 4. The van der Waals surface area contributed by atoms with Crippen LogP contribution in [0, 0.1) is 0 Å². The van der Waals surface area contributed by atoms with Gasteiger partial charge in [-0.15, -0.1) is 0 Å². The summed E-state index contributed by atoms with van der Waals surface area (Å²) in [5.74, 6) is -3.47. The van der Waals surface area contributed by atoms with Gasteiger partial charge in [-0.3, -0.25) is 0 Å². The molecule has 12 heteroatoms. The summed E-state index contributed by atoms with van der Waals surface area (Å²) in [6.07, 6.45) is 9.16. The standard InChI is InChI=1S/C11H16O4.C4H4O4.C4H10O2.C3H8O2/c12-10-6-7-11(13)15-9-5-3-1-2-4-8-14-10;5-3(6)1-2-4(7)8;5-3-1-2-4-6;1-3(5)2-4/h6-7H,1-5,8-9H2;1-2H,(H,5,6)(H,7,8);5-6H,1-4H2;3-5H,2H2,1H3. The third kappa shape index (κ3) is 39.7. The van der Waals surface area contributed by atoms with Gasteiger partial charge in [-0.05, 0) is 32.6 Å². The number of carboxylic acids is 2. The summed E-state index contributed by atoms with van der Waals surface area (Å²) in [6, 6.07) is 0. The van der Waals surface area contributed by atoms with Crippen molar-refractivity contribution in [1.29, 1.82) is 0 Å². The van der Waals surface area contributed by atoms with Crippen LogP contribution in [0.25, 0.3) is 0 Å². The maximum absolute atomic E-state index is 11.0. The molecule has 0 aromatic heterocycles. The van der Waals surface area contributed by atoms with Crippen LogP contribution in [-0.2, 0) is 28.7 Å². The molecule has 0 radical (unpaired) electrons. The first kappa shape index (κ1) is 35.8. The van der Waals surface area contributed by atoms with Crippen molar-refractivity contribution in [3.8, 4) is 0 Å². The Morgan fingerprint density at radius 1 is 0.824 bits per heavy atom. The minimum Gasteiger partial charge on any atom is -0.478 e. The maximum atomic E-state index is 11.0. The Kier molecular flexibility index (Phi) is 29.7. The number of aliphatic carboxylic acids is 2. The largest absolute Gasteiger partial charge is 0.478 e. The maximum Gasteiger partial charge on any atom is 0.331 e. The Morgan fingerprint density at radius 2 is 1.15 bits per heavy atom. The van der Waals surface area contributed by atoms with E-state index in [4.69, 9.17) is 40.1 Å². The van der Waals surface area contributed by atoms with Gasteiger partial charge >= 0.3 is 23.9 Å². The number of carbonyl (C=O) groups excluding carboxylic acids is 2. The Hall–Kier alpha value is -2.80. The molecule has 0 amide bonds. The third-order valence-electron chi connectivity index (χ3n) is 3.33. The summed E-state index contributed by atoms with van der Waals surface area (Å²) in [6.45, 7) is 2.64. The van der Waals surface area contributed by atoms with Gasteiger partial charge in [0, 0.05) is 37.5 Å². The normalized spacial score (nSPS) is 15.1. The molecule has 0 spiro atoms. The van der Waals surface area contributed by atoms with Gasteiger partial charge in [-0.1, -0.05) is 19.3 Å². The summed E-state index contributed by atoms with van der Waals surface area (Å²) < 4.78 is 9.74. The summed E-state index contributed by atoms with van der Waals surface area (Å²) in [5.41, 5.74) is 0. The van der Waals surface area contributed by atoms with Crippen molar-refractivity contribution in [3.05, 3.63) is 24.3 Å². The highest BCUT2D eigenvalue weighted by Gasteiger charge is 2.02. The first-order chi connectivity index (χ1) is 16.1. The van der Waals surface area contributed by atoms with Gasteiger partial charge in [-0.2, -0.15) is 0 Å². The molecule has 12 nitrogen and oxygen atoms in total. The lowest BCUT2D eigenvalue weighted by molar-refractivity contribution is -0.140. The van der Waals surface area contributed by atoms with Crippen LogP contribution >= 0.6 is 0 Å². The third-order valence-corrected chi connectivity index (χ3v) is 3.33. The molecule has 0 saturated carbocycles. The van der Waals surface area contributed by atoms with Crippen molar-refractivity contribution in [1.82, 2.24) is 0 Å². The summed E-state index contributed by atoms with van der Waals surface area (Å²) in [7, 11) is 0. The van der Waals surface area contributed by atoms with Crippen molar-refractivity contribution < 1.29 is 59.3 Å². The molecule has 34 heavy (non-hydrogen) atoms. The smallest absolute Gasteiger partial charge is 0.331 e. The van der Waals surface area contributed by atoms with E-state index in [1.807, 2.05) is 0 Å². The van der Waals surface area contributed by atoms with Crippen LogP contribution in [0.2, 0.25) is 0 Å². The van der Waals surface area contributed by atoms with Gasteiger partial charge in [-0.25, -0.2) is 19.2 Å². The van der Waals surface area contributed by atoms with E-state index in [9.17, 15) is 19.2 Å². The van der Waals surface area contributed by atoms with Gasteiger partial charge in [0.1, 0.15) is 0 Å². The van der Waals surface area contributed by atoms with Crippen LogP contribution in [-0.4, -0.2) is 93.7 Å². The van der Waals surface area contributed by atoms with Gasteiger partial charge in [0.25, 0.3) is 0 Å². The molecule has 198 valence electrons. The van der Waals surface area contributed by atoms with E-state index in [0.29, 0.717) is 25.4 Å². The van der Waals surface area contributed by atoms with E-state index in [-0.39, 0.29) is 19.8 Å². The number of hydrogen-bond donors (Lipinski definition) is 6. The van der Waals surface area contributed by atoms with Crippen molar-refractivity contribution >= 4 is 23.9 Å². The molecule has 0 bridgehead atoms. The summed E-state index contributed by atoms with van der Waals surface area (Å²) in [5, 5.41) is 47.8. The molecule has 1 rings (SSSR count). The lowest BCUT2D eigenvalue weighted by Gasteiger charge is -2.01. The molecule has 1 aliphatic rings. The molecule has 1 heterocycles. The highest BCUT2D eigenvalue weighted by Crippen LogP contribution is 2.04. The van der Waals surface area contributed by atoms with Gasteiger partial charge in [0.05, 0.1) is 25.9 Å². The quantitative estimate of drug-likeness (QED) is 0.169. The van der Waals surface area contributed by atoms with Crippen molar-refractivity contribution in [3.63, 3.8) is 0 Å². The Morgan fingerprint density at radius 3 is 1.41 bits per heavy atom. The first-order valence-corrected chi connectivity index (χ1v) is 10.8. The Bertz CT molecular complexity index is 540. The second-order valence-corrected chi connectivity index (χ2v) is 6.63. The fourth-order valence-corrected chi connectivity index (χ4v) is 1.68. The number of hydrogen-bond acceptors (Lipinski definition) is 10. The zero-order valence-electron chi connectivity index (χ0n) is 19.5. The second kappa shape index (κ2) is 28.2. The average molecular weight is 495 g/mol. The van der Waals surface area contributed by atoms with E-state index in [1.54, 1.807) is 0 Å². The topological polar surface area (TPSA) is 208 Å². The number of esters is 2. The zero-order valence-corrected chi connectivity index (χ0v) is 19.5. The summed E-state index contributed by atoms with van der Waals surface area (Å²) in [4.78, 5) is 41.1. The highest BCUT2D eigenvalue weighted by molar-refractivity contribution is 5.91. The van der Waals surface area contributed by atoms with Crippen LogP contribution < -0.4 is 0 Å². The zero-order chi connectivity index (χ0) is 26.6. The van der Waals surface area contributed by atoms with Gasteiger partial charge in [0.15, 0.2) is 0 Å². The molecular weight excluding hydrogens is 456 g/mol. The van der Waals surface area contributed by atoms with Crippen LogP contribution in [0.5, 0.6) is 0 Å². The number of unbranched alkanes of at least 4 members (excludes halogenated alkanes) is 1. The minimum absolute atomic E-state index is 0.139. The molecule has 1 unspecified atom stereocenters. The number of rotatable bonds is 6. The number of aliphatic hydroxyl groups excluding tert-OH is 4. The van der Waals surface area contributed by atoms with Crippen molar-refractivity contribution in [2.45, 2.75) is 58.0 Å². The molecule has 0 aromatic rings. The van der Waals surface area contributed by atoms with Crippen LogP contribution in [0.3, 0.4) is 0 Å². The molecule has 1 aliphatic heterocycles. The van der Waals surface area contributed by atoms with Crippen LogP contribution in [0.15, 0.2) is 24.3 Å². The molecule has 1 atom stereocenters. The van der Waals surface area contributed by atoms with Crippen molar-refractivity contribution in [2.24, 2.45) is 0 Å². The van der Waals surface area contributed by atoms with E-state index in [2.05, 4.69) is 0 Å². The highest BCUT2D eigenvalue weighted by atomic mass is 16.5. The Balaban J connectivity index is -0.000000426. The molecule has 0 aromatic carbocycles. The number of ether oxygens (including phenoxy) is 2. The van der Waals surface area contributed by atoms with Gasteiger partial charge in [0.2, 0.25) is 0 Å². The molecule has 0 fully saturated rings. The molecule has 6 N–H and O–H groups in total. The molecule has 0 saturated heterocycles. The fourth-order valence-electron chi connectivity index (χ4n) is 1.68. The molecule has 0 aliphatic carbocycles. The van der Waals surface area contributed by atoms with Crippen LogP contribution in [0.1, 0.15) is 51.9 Å². The molecular formula is C22H38O12. The van der Waals surface area contributed by atoms with Crippen molar-refractivity contribution in [2.75, 3.05) is 33.0 Å². The fraction of sp³-hybridized carbons (Fsp3) is 0.636. The van der Waals surface area contributed by atoms with Gasteiger partial charge < -0.3 is 40.1 Å². The monoisotopic (exact) mass is 494 g/mol. The number of carboxylic acid groups (broad SMARTS) is 2. The predicted octanol–water partition coefficient (Wildman–Crippen LogP) is 0.416. The van der Waals surface area contributed by atoms with E-state index in [1.165, 1.54) is 6.92 Å². The minimum atomic E-state index is -1.26. The van der Waals surface area contributed by atoms with E-state index in [0.717, 1.165) is 57.1 Å². The average Bonchev–Trinajstić information content (AvgIpc) is 2.81. The lowest BCUT2D eigenvalue weighted by atomic mass is 10.1. The second-order valence-electron chi connectivity index (χ2n) is 6.63. The first-order valence-electron chi connectivity index (χ1n) is 10.8. The SMILES string of the molecule is CC(O)CO.O=C(O)C=CC(=O)O.O=C1C=CC(=O)OCCCCCCCO1.OCCCCO. The number of cyclic esters (lactones) is 2.